The maximum Gasteiger partial charge on any atom is 0.234 e. The lowest BCUT2D eigenvalue weighted by atomic mass is 10.1. The van der Waals surface area contributed by atoms with Crippen molar-refractivity contribution in [3.63, 3.8) is 0 Å². The Balaban J connectivity index is 1.73. The number of aromatic nitrogens is 1. The number of para-hydroxylation sites is 2. The van der Waals surface area contributed by atoms with E-state index in [1.807, 2.05) is 25.1 Å². The van der Waals surface area contributed by atoms with E-state index in [-0.39, 0.29) is 17.4 Å². The standard InChI is InChI=1S/C21H20N2O2S/c1-13-7-6-9-16-14(2)11-20(23-21(13)16)26-12-19(25)22-18-10-5-4-8-17(18)15(3)24/h4-11H,12H2,1-3H3,(H,22,25). The van der Waals surface area contributed by atoms with Gasteiger partial charge in [-0.2, -0.15) is 0 Å². The molecule has 2 aromatic carbocycles. The summed E-state index contributed by atoms with van der Waals surface area (Å²) in [7, 11) is 0. The number of ketones is 1. The number of hydrogen-bond acceptors (Lipinski definition) is 4. The van der Waals surface area contributed by atoms with Crippen molar-refractivity contribution < 1.29 is 9.59 Å². The van der Waals surface area contributed by atoms with Crippen LogP contribution in [0.3, 0.4) is 0 Å². The van der Waals surface area contributed by atoms with E-state index in [1.165, 1.54) is 18.7 Å². The number of hydrogen-bond donors (Lipinski definition) is 1. The number of aryl methyl sites for hydroxylation is 2. The molecule has 26 heavy (non-hydrogen) atoms. The van der Waals surface area contributed by atoms with E-state index >= 15 is 0 Å². The molecular formula is C21H20N2O2S. The molecule has 0 aliphatic rings. The third kappa shape index (κ3) is 3.94. The number of amides is 1. The van der Waals surface area contributed by atoms with Gasteiger partial charge in [0.05, 0.1) is 22.0 Å². The Labute approximate surface area is 157 Å². The average Bonchev–Trinajstić information content (AvgIpc) is 2.61. The van der Waals surface area contributed by atoms with Crippen LogP contribution in [0.1, 0.15) is 28.4 Å². The molecule has 0 radical (unpaired) electrons. The predicted molar refractivity (Wildman–Crippen MR) is 107 cm³/mol. The zero-order valence-electron chi connectivity index (χ0n) is 15.0. The molecule has 0 bridgehead atoms. The number of anilines is 1. The molecule has 1 heterocycles. The van der Waals surface area contributed by atoms with Gasteiger partial charge in [-0.1, -0.05) is 42.1 Å². The van der Waals surface area contributed by atoms with Crippen molar-refractivity contribution in [2.75, 3.05) is 11.1 Å². The third-order valence-corrected chi connectivity index (χ3v) is 5.07. The molecule has 0 aliphatic heterocycles. The van der Waals surface area contributed by atoms with Crippen LogP contribution < -0.4 is 5.32 Å². The quantitative estimate of drug-likeness (QED) is 0.522. The lowest BCUT2D eigenvalue weighted by Gasteiger charge is -2.10. The number of carbonyl (C=O) groups excluding carboxylic acids is 2. The number of thioether (sulfide) groups is 1. The molecule has 0 fully saturated rings. The van der Waals surface area contributed by atoms with Crippen LogP contribution in [0.2, 0.25) is 0 Å². The van der Waals surface area contributed by atoms with Crippen molar-refractivity contribution in [1.82, 2.24) is 4.98 Å². The van der Waals surface area contributed by atoms with Gasteiger partial charge in [-0.05, 0) is 50.1 Å². The van der Waals surface area contributed by atoms with Crippen molar-refractivity contribution in [2.24, 2.45) is 0 Å². The lowest BCUT2D eigenvalue weighted by Crippen LogP contribution is -2.16. The molecule has 1 N–H and O–H groups in total. The first kappa shape index (κ1) is 18.1. The van der Waals surface area contributed by atoms with E-state index in [9.17, 15) is 9.59 Å². The second-order valence-electron chi connectivity index (χ2n) is 6.19. The summed E-state index contributed by atoms with van der Waals surface area (Å²) in [5.41, 5.74) is 4.29. The van der Waals surface area contributed by atoms with Crippen molar-refractivity contribution >= 4 is 40.0 Å². The molecule has 3 rings (SSSR count). The predicted octanol–water partition coefficient (Wildman–Crippen LogP) is 4.79. The first-order valence-corrected chi connectivity index (χ1v) is 9.34. The van der Waals surface area contributed by atoms with Crippen molar-refractivity contribution in [1.29, 1.82) is 0 Å². The highest BCUT2D eigenvalue weighted by Crippen LogP contribution is 2.26. The Bertz CT molecular complexity index is 998. The fourth-order valence-electron chi connectivity index (χ4n) is 2.83. The molecule has 3 aromatic rings. The van der Waals surface area contributed by atoms with Gasteiger partial charge in [-0.3, -0.25) is 9.59 Å². The van der Waals surface area contributed by atoms with Crippen LogP contribution >= 0.6 is 11.8 Å². The highest BCUT2D eigenvalue weighted by molar-refractivity contribution is 7.99. The zero-order chi connectivity index (χ0) is 18.7. The SMILES string of the molecule is CC(=O)c1ccccc1NC(=O)CSc1cc(C)c2cccc(C)c2n1. The Kier molecular flexibility index (Phi) is 5.38. The fraction of sp³-hybridized carbons (Fsp3) is 0.190. The van der Waals surface area contributed by atoms with Crippen LogP contribution in [0.4, 0.5) is 5.69 Å². The molecule has 1 aromatic heterocycles. The Morgan fingerprint density at radius 3 is 2.58 bits per heavy atom. The zero-order valence-corrected chi connectivity index (χ0v) is 15.8. The van der Waals surface area contributed by atoms with Crippen molar-refractivity contribution in [3.05, 3.63) is 65.2 Å². The molecule has 4 nitrogen and oxygen atoms in total. The van der Waals surface area contributed by atoms with Gasteiger partial charge in [0.15, 0.2) is 5.78 Å². The highest BCUT2D eigenvalue weighted by atomic mass is 32.2. The fourth-order valence-corrected chi connectivity index (χ4v) is 3.60. The van der Waals surface area contributed by atoms with Crippen LogP contribution in [0.15, 0.2) is 53.6 Å². The summed E-state index contributed by atoms with van der Waals surface area (Å²) < 4.78 is 0. The molecule has 0 saturated heterocycles. The normalized spacial score (nSPS) is 10.7. The Hall–Kier alpha value is -2.66. The summed E-state index contributed by atoms with van der Waals surface area (Å²) in [6.07, 6.45) is 0. The van der Waals surface area contributed by atoms with E-state index in [4.69, 9.17) is 0 Å². The smallest absolute Gasteiger partial charge is 0.234 e. The highest BCUT2D eigenvalue weighted by Gasteiger charge is 2.11. The van der Waals surface area contributed by atoms with Crippen molar-refractivity contribution in [3.8, 4) is 0 Å². The number of fused-ring (bicyclic) bond motifs is 1. The monoisotopic (exact) mass is 364 g/mol. The number of carbonyl (C=O) groups is 2. The number of benzene rings is 2. The minimum Gasteiger partial charge on any atom is -0.325 e. The van der Waals surface area contributed by atoms with Crippen LogP contribution in [0, 0.1) is 13.8 Å². The molecule has 0 unspecified atom stereocenters. The van der Waals surface area contributed by atoms with Crippen LogP contribution in [0.25, 0.3) is 10.9 Å². The first-order chi connectivity index (χ1) is 12.5. The molecule has 0 atom stereocenters. The van der Waals surface area contributed by atoms with Gasteiger partial charge in [0.25, 0.3) is 0 Å². The maximum atomic E-state index is 12.3. The van der Waals surface area contributed by atoms with Gasteiger partial charge in [0.2, 0.25) is 5.91 Å². The van der Waals surface area contributed by atoms with Crippen LogP contribution in [-0.2, 0) is 4.79 Å². The van der Waals surface area contributed by atoms with Gasteiger partial charge in [-0.25, -0.2) is 4.98 Å². The number of pyridine rings is 1. The average molecular weight is 364 g/mol. The van der Waals surface area contributed by atoms with Gasteiger partial charge in [-0.15, -0.1) is 0 Å². The number of rotatable bonds is 5. The molecule has 1 amide bonds. The second kappa shape index (κ2) is 7.70. The molecule has 0 saturated carbocycles. The molecule has 0 aliphatic carbocycles. The Morgan fingerprint density at radius 2 is 1.81 bits per heavy atom. The van der Waals surface area contributed by atoms with Crippen molar-refractivity contribution in [2.45, 2.75) is 25.8 Å². The minimum absolute atomic E-state index is 0.0733. The largest absolute Gasteiger partial charge is 0.325 e. The summed E-state index contributed by atoms with van der Waals surface area (Å²) >= 11 is 1.39. The van der Waals surface area contributed by atoms with E-state index < -0.39 is 0 Å². The van der Waals surface area contributed by atoms with Gasteiger partial charge >= 0.3 is 0 Å². The minimum atomic E-state index is -0.159. The molecular weight excluding hydrogens is 344 g/mol. The van der Waals surface area contributed by atoms with Gasteiger partial charge in [0.1, 0.15) is 0 Å². The maximum absolute atomic E-state index is 12.3. The molecule has 0 spiro atoms. The summed E-state index contributed by atoms with van der Waals surface area (Å²) in [5, 5.41) is 4.77. The summed E-state index contributed by atoms with van der Waals surface area (Å²) in [6.45, 7) is 5.58. The topological polar surface area (TPSA) is 59.1 Å². The second-order valence-corrected chi connectivity index (χ2v) is 7.18. The summed E-state index contributed by atoms with van der Waals surface area (Å²) in [6, 6.07) is 15.2. The van der Waals surface area contributed by atoms with Gasteiger partial charge in [0, 0.05) is 10.9 Å². The third-order valence-electron chi connectivity index (χ3n) is 4.16. The van der Waals surface area contributed by atoms with Crippen LogP contribution in [-0.4, -0.2) is 22.4 Å². The van der Waals surface area contributed by atoms with E-state index in [1.54, 1.807) is 24.3 Å². The van der Waals surface area contributed by atoms with E-state index in [2.05, 4.69) is 23.3 Å². The van der Waals surface area contributed by atoms with E-state index in [0.29, 0.717) is 11.3 Å². The molecule has 132 valence electrons. The number of nitrogens with one attached hydrogen (secondary N) is 1. The van der Waals surface area contributed by atoms with Gasteiger partial charge < -0.3 is 5.32 Å². The first-order valence-electron chi connectivity index (χ1n) is 8.35. The number of nitrogens with zero attached hydrogens (tertiary/aromatic N) is 1. The lowest BCUT2D eigenvalue weighted by molar-refractivity contribution is -0.113. The Morgan fingerprint density at radius 1 is 1.04 bits per heavy atom. The number of Topliss-reactive ketones (excluding diaryl/α,β-unsaturated/α-hetero) is 1. The van der Waals surface area contributed by atoms with Crippen LogP contribution in [0.5, 0.6) is 0 Å². The summed E-state index contributed by atoms with van der Waals surface area (Å²) in [5.74, 6) is -0.000307. The van der Waals surface area contributed by atoms with E-state index in [0.717, 1.165) is 27.1 Å². The summed E-state index contributed by atoms with van der Waals surface area (Å²) in [4.78, 5) is 28.6. The molecule has 5 heteroatoms.